The van der Waals surface area contributed by atoms with Gasteiger partial charge >= 0.3 is 0 Å². The van der Waals surface area contributed by atoms with Crippen molar-refractivity contribution in [3.8, 4) is 11.5 Å². The molecule has 0 saturated carbocycles. The lowest BCUT2D eigenvalue weighted by Crippen LogP contribution is -2.20. The first-order chi connectivity index (χ1) is 13.8. The molecule has 3 aromatic heterocycles. The van der Waals surface area contributed by atoms with Gasteiger partial charge in [0.05, 0.1) is 24.8 Å². The number of fused-ring (bicyclic) bond motifs is 1. The van der Waals surface area contributed by atoms with Crippen LogP contribution in [0.4, 0.5) is 0 Å². The van der Waals surface area contributed by atoms with Crippen molar-refractivity contribution in [2.24, 2.45) is 5.92 Å². The maximum Gasteiger partial charge on any atom is 0.158 e. The first-order valence-corrected chi connectivity index (χ1v) is 9.72. The molecule has 0 amide bonds. The Bertz CT molecular complexity index is 1110. The van der Waals surface area contributed by atoms with E-state index in [-0.39, 0.29) is 6.04 Å². The van der Waals surface area contributed by atoms with Gasteiger partial charge in [0.1, 0.15) is 5.69 Å². The highest BCUT2D eigenvalue weighted by atomic mass is 35.5. The highest BCUT2D eigenvalue weighted by Crippen LogP contribution is 2.32. The molecule has 4 aromatic rings. The molecule has 0 unspecified atom stereocenters. The maximum absolute atomic E-state index is 6.09. The fourth-order valence-corrected chi connectivity index (χ4v) is 4.09. The zero-order valence-corrected chi connectivity index (χ0v) is 16.0. The van der Waals surface area contributed by atoms with E-state index in [2.05, 4.69) is 26.7 Å². The average Bonchev–Trinajstić information content (AvgIpc) is 3.37. The number of halogens is 1. The monoisotopic (exact) mass is 390 g/mol. The lowest BCUT2D eigenvalue weighted by molar-refractivity contribution is 0.181. The Morgan fingerprint density at radius 1 is 1.04 bits per heavy atom. The summed E-state index contributed by atoms with van der Waals surface area (Å²) in [5, 5.41) is 1.74. The van der Waals surface area contributed by atoms with Crippen molar-refractivity contribution >= 4 is 22.5 Å². The van der Waals surface area contributed by atoms with Crippen LogP contribution in [0.1, 0.15) is 11.6 Å². The predicted octanol–water partition coefficient (Wildman–Crippen LogP) is 4.58. The molecule has 140 valence electrons. The number of hydrogen-bond acceptors (Lipinski definition) is 4. The number of nitrogens with zero attached hydrogens (tertiary/aromatic N) is 4. The summed E-state index contributed by atoms with van der Waals surface area (Å²) >= 11 is 6.09. The van der Waals surface area contributed by atoms with Crippen molar-refractivity contribution in [1.82, 2.24) is 19.5 Å². The Labute approximate surface area is 168 Å². The van der Waals surface area contributed by atoms with Gasteiger partial charge in [-0.25, -0.2) is 9.97 Å². The predicted molar refractivity (Wildman–Crippen MR) is 109 cm³/mol. The van der Waals surface area contributed by atoms with E-state index in [1.54, 1.807) is 0 Å². The number of rotatable bonds is 4. The SMILES string of the molecule is Clc1ccc2nc(-c3nccn3[C@@H]3COC[C@H]3Cc3ccncc3)ccc2c1. The van der Waals surface area contributed by atoms with E-state index in [1.165, 1.54) is 5.56 Å². The number of ether oxygens (including phenoxy) is 1. The molecule has 1 aromatic carbocycles. The maximum atomic E-state index is 6.09. The van der Waals surface area contributed by atoms with Gasteiger partial charge in [-0.15, -0.1) is 0 Å². The molecule has 1 fully saturated rings. The summed E-state index contributed by atoms with van der Waals surface area (Å²) in [5.74, 6) is 1.25. The van der Waals surface area contributed by atoms with Crippen LogP contribution in [0.25, 0.3) is 22.4 Å². The minimum Gasteiger partial charge on any atom is -0.379 e. The summed E-state index contributed by atoms with van der Waals surface area (Å²) in [7, 11) is 0. The number of benzene rings is 1. The molecule has 5 rings (SSSR count). The lowest BCUT2D eigenvalue weighted by Gasteiger charge is -2.21. The Kier molecular flexibility index (Phi) is 4.55. The molecule has 1 aliphatic rings. The van der Waals surface area contributed by atoms with Crippen molar-refractivity contribution < 1.29 is 4.74 Å². The second-order valence-corrected chi connectivity index (χ2v) is 7.55. The first kappa shape index (κ1) is 17.3. The van der Waals surface area contributed by atoms with Crippen molar-refractivity contribution in [3.63, 3.8) is 0 Å². The summed E-state index contributed by atoms with van der Waals surface area (Å²) < 4.78 is 8.05. The Hall–Kier alpha value is -2.76. The van der Waals surface area contributed by atoms with E-state index >= 15 is 0 Å². The second-order valence-electron chi connectivity index (χ2n) is 7.12. The highest BCUT2D eigenvalue weighted by Gasteiger charge is 2.31. The lowest BCUT2D eigenvalue weighted by atomic mass is 9.95. The summed E-state index contributed by atoms with van der Waals surface area (Å²) in [6, 6.07) is 14.2. The first-order valence-electron chi connectivity index (χ1n) is 9.34. The third-order valence-electron chi connectivity index (χ3n) is 5.32. The van der Waals surface area contributed by atoms with Gasteiger partial charge < -0.3 is 9.30 Å². The number of aromatic nitrogens is 4. The zero-order chi connectivity index (χ0) is 18.9. The summed E-state index contributed by atoms with van der Waals surface area (Å²) in [6.45, 7) is 1.43. The van der Waals surface area contributed by atoms with Crippen molar-refractivity contribution in [3.05, 3.63) is 77.8 Å². The quantitative estimate of drug-likeness (QED) is 0.512. The van der Waals surface area contributed by atoms with E-state index in [9.17, 15) is 0 Å². The van der Waals surface area contributed by atoms with Crippen LogP contribution in [-0.4, -0.2) is 32.7 Å². The molecule has 28 heavy (non-hydrogen) atoms. The smallest absolute Gasteiger partial charge is 0.158 e. The zero-order valence-electron chi connectivity index (χ0n) is 15.2. The topological polar surface area (TPSA) is 52.8 Å². The third-order valence-corrected chi connectivity index (χ3v) is 5.55. The van der Waals surface area contributed by atoms with Gasteiger partial charge in [-0.3, -0.25) is 4.98 Å². The molecule has 0 radical (unpaired) electrons. The number of imidazole rings is 1. The molecule has 0 spiro atoms. The molecule has 0 bridgehead atoms. The normalized spacial score (nSPS) is 19.3. The van der Waals surface area contributed by atoms with Crippen LogP contribution in [0.5, 0.6) is 0 Å². The van der Waals surface area contributed by atoms with E-state index in [0.717, 1.165) is 35.4 Å². The standard InChI is InChI=1S/C22H19ClN4O/c23-18-2-4-19-16(12-18)1-3-20(26-19)22-25-9-10-27(22)21-14-28-13-17(21)11-15-5-7-24-8-6-15/h1-10,12,17,21H,11,13-14H2/t17-,21-/m1/s1. The van der Waals surface area contributed by atoms with Gasteiger partial charge in [0.2, 0.25) is 0 Å². The second kappa shape index (κ2) is 7.34. The number of pyridine rings is 2. The van der Waals surface area contributed by atoms with E-state index in [1.807, 2.05) is 55.1 Å². The molecular weight excluding hydrogens is 372 g/mol. The molecule has 2 atom stereocenters. The number of hydrogen-bond donors (Lipinski definition) is 0. The van der Waals surface area contributed by atoms with Crippen LogP contribution in [0.15, 0.2) is 67.3 Å². The molecule has 4 heterocycles. The molecule has 6 heteroatoms. The van der Waals surface area contributed by atoms with Crippen molar-refractivity contribution in [2.45, 2.75) is 12.5 Å². The van der Waals surface area contributed by atoms with Gasteiger partial charge in [0, 0.05) is 41.1 Å². The summed E-state index contributed by atoms with van der Waals surface area (Å²) in [5.41, 5.74) is 3.04. The Morgan fingerprint density at radius 3 is 2.82 bits per heavy atom. The van der Waals surface area contributed by atoms with Gasteiger partial charge in [0.15, 0.2) is 5.82 Å². The van der Waals surface area contributed by atoms with Crippen LogP contribution in [0.2, 0.25) is 5.02 Å². The summed E-state index contributed by atoms with van der Waals surface area (Å²) in [4.78, 5) is 13.5. The minimum atomic E-state index is 0.230. The van der Waals surface area contributed by atoms with Gasteiger partial charge in [-0.1, -0.05) is 17.7 Å². The van der Waals surface area contributed by atoms with E-state index in [4.69, 9.17) is 21.3 Å². The fourth-order valence-electron chi connectivity index (χ4n) is 3.91. The molecule has 1 saturated heterocycles. The minimum absolute atomic E-state index is 0.230. The van der Waals surface area contributed by atoms with E-state index < -0.39 is 0 Å². The molecule has 0 aliphatic carbocycles. The molecule has 1 aliphatic heterocycles. The van der Waals surface area contributed by atoms with Crippen LogP contribution in [0, 0.1) is 5.92 Å². The third kappa shape index (κ3) is 3.28. The van der Waals surface area contributed by atoms with Crippen LogP contribution >= 0.6 is 11.6 Å². The molecule has 0 N–H and O–H groups in total. The van der Waals surface area contributed by atoms with Gasteiger partial charge in [0.25, 0.3) is 0 Å². The van der Waals surface area contributed by atoms with Gasteiger partial charge in [-0.2, -0.15) is 0 Å². The van der Waals surface area contributed by atoms with Crippen molar-refractivity contribution in [1.29, 1.82) is 0 Å². The van der Waals surface area contributed by atoms with Crippen LogP contribution in [0.3, 0.4) is 0 Å². The van der Waals surface area contributed by atoms with Crippen molar-refractivity contribution in [2.75, 3.05) is 13.2 Å². The van der Waals surface area contributed by atoms with E-state index in [0.29, 0.717) is 17.5 Å². The van der Waals surface area contributed by atoms with Gasteiger partial charge in [-0.05, 0) is 48.4 Å². The largest absolute Gasteiger partial charge is 0.379 e. The van der Waals surface area contributed by atoms with Crippen LogP contribution < -0.4 is 0 Å². The Morgan fingerprint density at radius 2 is 1.93 bits per heavy atom. The summed E-state index contributed by atoms with van der Waals surface area (Å²) in [6.07, 6.45) is 8.50. The molecular formula is C22H19ClN4O. The average molecular weight is 391 g/mol. The van der Waals surface area contributed by atoms with Crippen LogP contribution in [-0.2, 0) is 11.2 Å². The fraction of sp³-hybridized carbons (Fsp3) is 0.227. The Balaban J connectivity index is 1.48. The highest BCUT2D eigenvalue weighted by molar-refractivity contribution is 6.31. The molecule has 5 nitrogen and oxygen atoms in total.